The van der Waals surface area contributed by atoms with Gasteiger partial charge in [-0.15, -0.1) is 0 Å². The third-order valence-corrected chi connectivity index (χ3v) is 3.00. The van der Waals surface area contributed by atoms with E-state index in [1.54, 1.807) is 12.4 Å². The van der Waals surface area contributed by atoms with Crippen molar-refractivity contribution in [2.75, 3.05) is 0 Å². The second-order valence-corrected chi connectivity index (χ2v) is 4.16. The predicted molar refractivity (Wildman–Crippen MR) is 53.2 cm³/mol. The first-order chi connectivity index (χ1) is 6.71. The number of hydrogen-bond acceptors (Lipinski definition) is 2. The Morgan fingerprint density at radius 1 is 1.57 bits per heavy atom. The largest absolute Gasteiger partial charge is 0.327 e. The molecule has 1 fully saturated rings. The molecule has 72 valence electrons. The molecule has 2 heterocycles. The molecule has 4 heteroatoms. The van der Waals surface area contributed by atoms with Crippen LogP contribution in [-0.2, 0) is 5.54 Å². The quantitative estimate of drug-likeness (QED) is 0.733. The molecule has 2 aromatic heterocycles. The summed E-state index contributed by atoms with van der Waals surface area (Å²) in [4.78, 5) is 18.5. The van der Waals surface area contributed by atoms with E-state index >= 15 is 0 Å². The van der Waals surface area contributed by atoms with Crippen LogP contribution in [0.3, 0.4) is 0 Å². The number of H-pyrrole nitrogens is 1. The Hall–Kier alpha value is -1.58. The maximum atomic E-state index is 11.7. The summed E-state index contributed by atoms with van der Waals surface area (Å²) in [5.41, 5.74) is 1.81. The lowest BCUT2D eigenvalue weighted by Crippen LogP contribution is -2.25. The lowest BCUT2D eigenvalue weighted by molar-refractivity contribution is 0.531. The zero-order valence-electron chi connectivity index (χ0n) is 7.95. The van der Waals surface area contributed by atoms with E-state index in [2.05, 4.69) is 16.9 Å². The number of rotatable bonds is 1. The van der Waals surface area contributed by atoms with E-state index in [-0.39, 0.29) is 11.2 Å². The average molecular weight is 189 g/mol. The molecule has 0 aliphatic heterocycles. The van der Waals surface area contributed by atoms with Crippen LogP contribution in [0.4, 0.5) is 0 Å². The van der Waals surface area contributed by atoms with Crippen LogP contribution in [0.2, 0.25) is 0 Å². The number of hydrogen-bond donors (Lipinski definition) is 1. The Morgan fingerprint density at radius 2 is 2.36 bits per heavy atom. The van der Waals surface area contributed by atoms with Crippen molar-refractivity contribution >= 4 is 11.0 Å². The molecule has 4 nitrogen and oxygen atoms in total. The second kappa shape index (κ2) is 2.26. The van der Waals surface area contributed by atoms with Crippen molar-refractivity contribution < 1.29 is 0 Å². The first-order valence-electron chi connectivity index (χ1n) is 4.76. The fraction of sp³-hybridized carbons (Fsp3) is 0.400. The van der Waals surface area contributed by atoms with E-state index in [1.807, 2.05) is 10.6 Å². The summed E-state index contributed by atoms with van der Waals surface area (Å²) < 4.78 is 1.85. The normalized spacial score (nSPS) is 18.6. The minimum Gasteiger partial charge on any atom is -0.304 e. The molecular formula is C10H11N3O. The standard InChI is InChI=1S/C10H11N3O/c1-10(3-4-10)13-8-2-5-11-6-7(8)12-9(13)14/h2,5-6H,3-4H2,1H3,(H,12,14). The van der Waals surface area contributed by atoms with Gasteiger partial charge in [-0.2, -0.15) is 0 Å². The van der Waals surface area contributed by atoms with Crippen molar-refractivity contribution in [3.05, 3.63) is 28.9 Å². The van der Waals surface area contributed by atoms with E-state index in [1.165, 1.54) is 0 Å². The summed E-state index contributed by atoms with van der Waals surface area (Å²) in [5.74, 6) is 0. The molecule has 0 spiro atoms. The van der Waals surface area contributed by atoms with Crippen LogP contribution in [0.1, 0.15) is 19.8 Å². The number of aromatic amines is 1. The maximum absolute atomic E-state index is 11.7. The summed E-state index contributed by atoms with van der Waals surface area (Å²) in [6, 6.07) is 1.89. The first kappa shape index (κ1) is 7.79. The Bertz CT molecular complexity index is 548. The van der Waals surface area contributed by atoms with E-state index < -0.39 is 0 Å². The van der Waals surface area contributed by atoms with Gasteiger partial charge < -0.3 is 4.98 Å². The third kappa shape index (κ3) is 0.880. The molecule has 0 saturated heterocycles. The lowest BCUT2D eigenvalue weighted by atomic mass is 10.3. The van der Waals surface area contributed by atoms with Crippen LogP contribution >= 0.6 is 0 Å². The highest BCUT2D eigenvalue weighted by molar-refractivity contribution is 5.74. The van der Waals surface area contributed by atoms with Crippen LogP contribution in [0.25, 0.3) is 11.0 Å². The molecular weight excluding hydrogens is 178 g/mol. The number of imidazole rings is 1. The number of pyridine rings is 1. The summed E-state index contributed by atoms with van der Waals surface area (Å²) >= 11 is 0. The number of nitrogens with zero attached hydrogens (tertiary/aromatic N) is 2. The van der Waals surface area contributed by atoms with E-state index in [4.69, 9.17) is 0 Å². The highest BCUT2D eigenvalue weighted by atomic mass is 16.1. The van der Waals surface area contributed by atoms with Crippen molar-refractivity contribution in [3.63, 3.8) is 0 Å². The number of nitrogens with one attached hydrogen (secondary N) is 1. The second-order valence-electron chi connectivity index (χ2n) is 4.16. The van der Waals surface area contributed by atoms with Crippen LogP contribution in [0, 0.1) is 0 Å². The van der Waals surface area contributed by atoms with Crippen molar-refractivity contribution in [3.8, 4) is 0 Å². The Kier molecular flexibility index (Phi) is 1.26. The lowest BCUT2D eigenvalue weighted by Gasteiger charge is -2.09. The third-order valence-electron chi connectivity index (χ3n) is 3.00. The fourth-order valence-electron chi connectivity index (χ4n) is 1.90. The first-order valence-corrected chi connectivity index (χ1v) is 4.76. The van der Waals surface area contributed by atoms with Gasteiger partial charge in [-0.1, -0.05) is 0 Å². The Labute approximate surface area is 80.6 Å². The van der Waals surface area contributed by atoms with Crippen LogP contribution in [0.5, 0.6) is 0 Å². The molecule has 0 aromatic carbocycles. The topological polar surface area (TPSA) is 50.7 Å². The molecule has 1 aliphatic rings. The van der Waals surface area contributed by atoms with Crippen LogP contribution in [-0.4, -0.2) is 14.5 Å². The monoisotopic (exact) mass is 189 g/mol. The van der Waals surface area contributed by atoms with E-state index in [0.717, 1.165) is 23.9 Å². The summed E-state index contributed by atoms with van der Waals surface area (Å²) in [7, 11) is 0. The average Bonchev–Trinajstić information content (AvgIpc) is 2.79. The molecule has 0 unspecified atom stereocenters. The molecule has 0 radical (unpaired) electrons. The minimum absolute atomic E-state index is 0.0204. The van der Waals surface area contributed by atoms with Gasteiger partial charge in [-0.25, -0.2) is 4.79 Å². The van der Waals surface area contributed by atoms with Gasteiger partial charge in [0.05, 0.1) is 17.2 Å². The zero-order chi connectivity index (χ0) is 9.76. The van der Waals surface area contributed by atoms with Gasteiger partial charge in [-0.05, 0) is 25.8 Å². The predicted octanol–water partition coefficient (Wildman–Crippen LogP) is 1.23. The molecule has 0 bridgehead atoms. The van der Waals surface area contributed by atoms with Gasteiger partial charge in [0.1, 0.15) is 0 Å². The highest BCUT2D eigenvalue weighted by Crippen LogP contribution is 2.43. The summed E-state index contributed by atoms with van der Waals surface area (Å²) in [5, 5.41) is 0. The van der Waals surface area contributed by atoms with E-state index in [9.17, 15) is 4.79 Å². The smallest absolute Gasteiger partial charge is 0.304 e. The highest BCUT2D eigenvalue weighted by Gasteiger charge is 2.41. The molecule has 14 heavy (non-hydrogen) atoms. The summed E-state index contributed by atoms with van der Waals surface area (Å²) in [6.45, 7) is 2.11. The molecule has 1 saturated carbocycles. The Balaban J connectivity index is 2.42. The summed E-state index contributed by atoms with van der Waals surface area (Å²) in [6.07, 6.45) is 5.58. The molecule has 2 aromatic rings. The minimum atomic E-state index is -0.0204. The molecule has 1 N–H and O–H groups in total. The van der Waals surface area contributed by atoms with Gasteiger partial charge in [0.2, 0.25) is 0 Å². The molecule has 0 amide bonds. The van der Waals surface area contributed by atoms with E-state index in [0.29, 0.717) is 0 Å². The van der Waals surface area contributed by atoms with Crippen molar-refractivity contribution in [2.45, 2.75) is 25.3 Å². The van der Waals surface area contributed by atoms with Crippen molar-refractivity contribution in [2.24, 2.45) is 0 Å². The zero-order valence-corrected chi connectivity index (χ0v) is 7.95. The van der Waals surface area contributed by atoms with Gasteiger partial charge in [0, 0.05) is 11.7 Å². The molecule has 1 aliphatic carbocycles. The molecule has 0 atom stereocenters. The van der Waals surface area contributed by atoms with Gasteiger partial charge in [-0.3, -0.25) is 9.55 Å². The van der Waals surface area contributed by atoms with Crippen LogP contribution in [0.15, 0.2) is 23.3 Å². The maximum Gasteiger partial charge on any atom is 0.327 e. The van der Waals surface area contributed by atoms with Crippen LogP contribution < -0.4 is 5.69 Å². The van der Waals surface area contributed by atoms with Gasteiger partial charge in [0.15, 0.2) is 0 Å². The molecule has 3 rings (SSSR count). The van der Waals surface area contributed by atoms with Crippen molar-refractivity contribution in [1.82, 2.24) is 14.5 Å². The Morgan fingerprint density at radius 3 is 3.07 bits per heavy atom. The fourth-order valence-corrected chi connectivity index (χ4v) is 1.90. The van der Waals surface area contributed by atoms with Gasteiger partial charge in [0.25, 0.3) is 0 Å². The SMILES string of the molecule is CC1(n2c(=O)[nH]c3cnccc32)CC1. The number of aromatic nitrogens is 3. The van der Waals surface area contributed by atoms with Gasteiger partial charge >= 0.3 is 5.69 Å². The van der Waals surface area contributed by atoms with Crippen molar-refractivity contribution in [1.29, 1.82) is 0 Å². The number of fused-ring (bicyclic) bond motifs is 1.